The Hall–Kier alpha value is -3.25. The molecule has 4 rings (SSSR count). The van der Waals surface area contributed by atoms with Crippen molar-refractivity contribution < 1.29 is 14.0 Å². The third kappa shape index (κ3) is 2.51. The first-order chi connectivity index (χ1) is 12.5. The van der Waals surface area contributed by atoms with Gasteiger partial charge in [-0.05, 0) is 36.4 Å². The Bertz CT molecular complexity index is 1220. The Labute approximate surface area is 151 Å². The van der Waals surface area contributed by atoms with Crippen molar-refractivity contribution in [3.63, 3.8) is 0 Å². The van der Waals surface area contributed by atoms with Crippen LogP contribution < -0.4 is 5.73 Å². The van der Waals surface area contributed by atoms with Crippen molar-refractivity contribution in [2.75, 3.05) is 0 Å². The number of carbonyl (C=O) groups excluding carboxylic acids is 2. The molecule has 1 amide bonds. The van der Waals surface area contributed by atoms with Crippen LogP contribution in [0, 0.1) is 5.82 Å². The van der Waals surface area contributed by atoms with Gasteiger partial charge in [-0.3, -0.25) is 9.59 Å². The first kappa shape index (κ1) is 16.2. The summed E-state index contributed by atoms with van der Waals surface area (Å²) in [7, 11) is 0. The molecule has 128 valence electrons. The van der Waals surface area contributed by atoms with Gasteiger partial charge in [0.05, 0.1) is 27.3 Å². The van der Waals surface area contributed by atoms with E-state index in [0.29, 0.717) is 33.4 Å². The molecular formula is C19H11ClFN3O2. The molecule has 3 N–H and O–H groups in total. The molecule has 7 heteroatoms. The normalized spacial score (nSPS) is 11.2. The molecule has 2 aromatic heterocycles. The molecule has 0 aliphatic carbocycles. The van der Waals surface area contributed by atoms with E-state index in [9.17, 15) is 14.0 Å². The third-order valence-corrected chi connectivity index (χ3v) is 4.48. The van der Waals surface area contributed by atoms with Gasteiger partial charge in [-0.25, -0.2) is 9.37 Å². The van der Waals surface area contributed by atoms with Crippen molar-refractivity contribution in [1.29, 1.82) is 0 Å². The van der Waals surface area contributed by atoms with Crippen molar-refractivity contribution in [2.24, 2.45) is 5.73 Å². The molecule has 0 radical (unpaired) electrons. The number of benzene rings is 2. The Balaban J connectivity index is 2.06. The Kier molecular flexibility index (Phi) is 3.70. The fourth-order valence-electron chi connectivity index (χ4n) is 2.94. The number of nitrogens with zero attached hydrogens (tertiary/aromatic N) is 1. The van der Waals surface area contributed by atoms with Gasteiger partial charge in [-0.15, -0.1) is 0 Å². The number of aromatic nitrogens is 2. The molecule has 0 aliphatic heterocycles. The molecule has 2 heterocycles. The lowest BCUT2D eigenvalue weighted by Crippen LogP contribution is -2.12. The van der Waals surface area contributed by atoms with E-state index in [2.05, 4.69) is 9.97 Å². The maximum atomic E-state index is 13.4. The van der Waals surface area contributed by atoms with Gasteiger partial charge in [-0.1, -0.05) is 17.7 Å². The SMILES string of the molecule is NC(=O)c1cc(-c2ccc(F)c(Cl)c2)nc2c1[nH]c1cc(C=O)ccc12. The van der Waals surface area contributed by atoms with Gasteiger partial charge >= 0.3 is 0 Å². The van der Waals surface area contributed by atoms with Crippen LogP contribution in [0.25, 0.3) is 33.2 Å². The van der Waals surface area contributed by atoms with E-state index in [1.807, 2.05) is 0 Å². The number of nitrogens with one attached hydrogen (secondary N) is 1. The molecule has 0 aliphatic rings. The second-order valence-electron chi connectivity index (χ2n) is 5.82. The third-order valence-electron chi connectivity index (χ3n) is 4.19. The number of hydrogen-bond acceptors (Lipinski definition) is 3. The minimum atomic E-state index is -0.631. The van der Waals surface area contributed by atoms with Gasteiger partial charge in [0, 0.05) is 22.0 Å². The van der Waals surface area contributed by atoms with Crippen molar-refractivity contribution >= 4 is 45.7 Å². The molecule has 5 nitrogen and oxygen atoms in total. The quantitative estimate of drug-likeness (QED) is 0.534. The number of aromatic amines is 1. The van der Waals surface area contributed by atoms with E-state index in [-0.39, 0.29) is 10.6 Å². The summed E-state index contributed by atoms with van der Waals surface area (Å²) in [6.07, 6.45) is 0.735. The fraction of sp³-hybridized carbons (Fsp3) is 0. The minimum Gasteiger partial charge on any atom is -0.366 e. The first-order valence-corrected chi connectivity index (χ1v) is 8.02. The summed E-state index contributed by atoms with van der Waals surface area (Å²) in [5.74, 6) is -1.17. The molecule has 0 atom stereocenters. The molecule has 4 aromatic rings. The predicted molar refractivity (Wildman–Crippen MR) is 97.9 cm³/mol. The summed E-state index contributed by atoms with van der Waals surface area (Å²) >= 11 is 5.86. The van der Waals surface area contributed by atoms with Gasteiger partial charge in [-0.2, -0.15) is 0 Å². The highest BCUT2D eigenvalue weighted by Gasteiger charge is 2.17. The maximum Gasteiger partial charge on any atom is 0.250 e. The van der Waals surface area contributed by atoms with Crippen LogP contribution in [0.3, 0.4) is 0 Å². The molecule has 0 spiro atoms. The number of carbonyl (C=O) groups is 2. The van der Waals surface area contributed by atoms with Gasteiger partial charge in [0.25, 0.3) is 5.91 Å². The molecule has 0 bridgehead atoms. The largest absolute Gasteiger partial charge is 0.366 e. The summed E-state index contributed by atoms with van der Waals surface area (Å²) in [5.41, 5.74) is 8.94. The van der Waals surface area contributed by atoms with Crippen LogP contribution in [0.2, 0.25) is 5.02 Å². The van der Waals surface area contributed by atoms with Crippen LogP contribution >= 0.6 is 11.6 Å². The summed E-state index contributed by atoms with van der Waals surface area (Å²) in [6, 6.07) is 10.8. The second-order valence-corrected chi connectivity index (χ2v) is 6.23. The monoisotopic (exact) mass is 367 g/mol. The predicted octanol–water partition coefficient (Wildman–Crippen LogP) is 4.09. The summed E-state index contributed by atoms with van der Waals surface area (Å²) in [6.45, 7) is 0. The van der Waals surface area contributed by atoms with Crippen LogP contribution in [0.4, 0.5) is 4.39 Å². The van der Waals surface area contributed by atoms with E-state index in [4.69, 9.17) is 17.3 Å². The number of hydrogen-bond donors (Lipinski definition) is 2. The Morgan fingerprint density at radius 2 is 2.00 bits per heavy atom. The van der Waals surface area contributed by atoms with Crippen molar-refractivity contribution in [3.8, 4) is 11.3 Å². The highest BCUT2D eigenvalue weighted by Crippen LogP contribution is 2.31. The molecule has 0 saturated heterocycles. The van der Waals surface area contributed by atoms with E-state index < -0.39 is 11.7 Å². The topological polar surface area (TPSA) is 88.8 Å². The standard InChI is InChI=1S/C19H11ClFN3O2/c20-13-6-10(2-4-14(13)21)15-7-12(19(22)26)18-17(23-15)11-3-1-9(8-25)5-16(11)24-18/h1-8,24H,(H2,22,26). The van der Waals surface area contributed by atoms with Crippen molar-refractivity contribution in [2.45, 2.75) is 0 Å². The van der Waals surface area contributed by atoms with Gasteiger partial charge in [0.1, 0.15) is 12.1 Å². The number of halogens is 2. The van der Waals surface area contributed by atoms with Crippen LogP contribution in [0.1, 0.15) is 20.7 Å². The van der Waals surface area contributed by atoms with Gasteiger partial charge in [0.2, 0.25) is 0 Å². The molecular weight excluding hydrogens is 357 g/mol. The van der Waals surface area contributed by atoms with Crippen LogP contribution in [-0.2, 0) is 0 Å². The Morgan fingerprint density at radius 3 is 2.69 bits per heavy atom. The van der Waals surface area contributed by atoms with E-state index in [1.165, 1.54) is 24.3 Å². The molecule has 2 aromatic carbocycles. The number of H-pyrrole nitrogens is 1. The summed E-state index contributed by atoms with van der Waals surface area (Å²) in [5, 5.41) is 0.697. The molecule has 26 heavy (non-hydrogen) atoms. The van der Waals surface area contributed by atoms with Crippen LogP contribution in [-0.4, -0.2) is 22.2 Å². The van der Waals surface area contributed by atoms with Crippen molar-refractivity contribution in [1.82, 2.24) is 9.97 Å². The van der Waals surface area contributed by atoms with E-state index in [0.717, 1.165) is 11.7 Å². The highest BCUT2D eigenvalue weighted by molar-refractivity contribution is 6.31. The fourth-order valence-corrected chi connectivity index (χ4v) is 3.12. The number of primary amides is 1. The lowest BCUT2D eigenvalue weighted by molar-refractivity contribution is 0.100. The highest BCUT2D eigenvalue weighted by atomic mass is 35.5. The lowest BCUT2D eigenvalue weighted by Gasteiger charge is -2.06. The van der Waals surface area contributed by atoms with Crippen molar-refractivity contribution in [3.05, 3.63) is 64.4 Å². The molecule has 0 saturated carbocycles. The number of nitrogens with two attached hydrogens (primary N) is 1. The molecule has 0 fully saturated rings. The zero-order valence-electron chi connectivity index (χ0n) is 13.2. The number of fused-ring (bicyclic) bond motifs is 3. The number of aldehydes is 1. The number of rotatable bonds is 3. The van der Waals surface area contributed by atoms with E-state index >= 15 is 0 Å². The molecule has 0 unspecified atom stereocenters. The minimum absolute atomic E-state index is 0.0421. The summed E-state index contributed by atoms with van der Waals surface area (Å²) in [4.78, 5) is 30.6. The van der Waals surface area contributed by atoms with Crippen LogP contribution in [0.5, 0.6) is 0 Å². The number of amides is 1. The first-order valence-electron chi connectivity index (χ1n) is 7.65. The smallest absolute Gasteiger partial charge is 0.250 e. The average molecular weight is 368 g/mol. The van der Waals surface area contributed by atoms with Crippen LogP contribution in [0.15, 0.2) is 42.5 Å². The number of pyridine rings is 1. The average Bonchev–Trinajstić information content (AvgIpc) is 3.00. The second kappa shape index (κ2) is 5.93. The summed E-state index contributed by atoms with van der Waals surface area (Å²) < 4.78 is 13.4. The zero-order valence-corrected chi connectivity index (χ0v) is 14.0. The van der Waals surface area contributed by atoms with Gasteiger partial charge < -0.3 is 10.7 Å². The maximum absolute atomic E-state index is 13.4. The lowest BCUT2D eigenvalue weighted by atomic mass is 10.1. The van der Waals surface area contributed by atoms with E-state index in [1.54, 1.807) is 18.2 Å². The van der Waals surface area contributed by atoms with Gasteiger partial charge in [0.15, 0.2) is 0 Å². The Morgan fingerprint density at radius 1 is 1.19 bits per heavy atom. The zero-order chi connectivity index (χ0) is 18.4.